The van der Waals surface area contributed by atoms with Crippen molar-refractivity contribution >= 4 is 23.0 Å². The van der Waals surface area contributed by atoms with E-state index in [1.165, 1.54) is 17.2 Å². The second-order valence-corrected chi connectivity index (χ2v) is 7.71. The standard InChI is InChI=1S/C17H21N5O9/c1-28-16(26)11-8(23)12(25)17(27)6(30-11)2-5-10(31-17)9(24)15(29-5)22-4-21-7-13(18)19-3-20-14(7)22/h3-6,8-12,15,23-25,27H,2H2,1H3,(H2,18,19,20)/t5-,6-,8-,9-,10+,11+,12+,15-,17-/m1/s1. The van der Waals surface area contributed by atoms with Gasteiger partial charge in [-0.05, 0) is 0 Å². The number of imidazole rings is 1. The van der Waals surface area contributed by atoms with Crippen LogP contribution in [0.25, 0.3) is 11.2 Å². The van der Waals surface area contributed by atoms with E-state index < -0.39 is 60.7 Å². The summed E-state index contributed by atoms with van der Waals surface area (Å²) in [7, 11) is 1.10. The van der Waals surface area contributed by atoms with Gasteiger partial charge >= 0.3 is 5.97 Å². The number of methoxy groups -OCH3 is 1. The van der Waals surface area contributed by atoms with Gasteiger partial charge in [-0.15, -0.1) is 0 Å². The van der Waals surface area contributed by atoms with E-state index in [9.17, 15) is 25.2 Å². The van der Waals surface area contributed by atoms with Crippen LogP contribution in [-0.2, 0) is 23.7 Å². The van der Waals surface area contributed by atoms with Crippen molar-refractivity contribution in [1.29, 1.82) is 0 Å². The summed E-state index contributed by atoms with van der Waals surface area (Å²) in [5.41, 5.74) is 6.45. The van der Waals surface area contributed by atoms with E-state index in [0.717, 1.165) is 7.11 Å². The Balaban J connectivity index is 1.44. The van der Waals surface area contributed by atoms with Crippen LogP contribution < -0.4 is 5.73 Å². The number of aliphatic hydroxyl groups is 4. The van der Waals surface area contributed by atoms with Crippen molar-refractivity contribution < 1.29 is 44.2 Å². The molecule has 3 aliphatic heterocycles. The van der Waals surface area contributed by atoms with Crippen LogP contribution in [0.2, 0.25) is 0 Å². The number of carbonyl (C=O) groups is 1. The Morgan fingerprint density at radius 1 is 1.26 bits per heavy atom. The van der Waals surface area contributed by atoms with Crippen LogP contribution in [0.3, 0.4) is 0 Å². The third-order valence-electron chi connectivity index (χ3n) is 6.01. The van der Waals surface area contributed by atoms with E-state index in [1.807, 2.05) is 0 Å². The number of aromatic nitrogens is 4. The van der Waals surface area contributed by atoms with Gasteiger partial charge in [0.05, 0.1) is 19.5 Å². The average Bonchev–Trinajstić information content (AvgIpc) is 3.31. The highest BCUT2D eigenvalue weighted by Gasteiger charge is 2.65. The molecule has 0 amide bonds. The molecule has 14 nitrogen and oxygen atoms in total. The van der Waals surface area contributed by atoms with E-state index in [1.54, 1.807) is 0 Å². The first-order valence-electron chi connectivity index (χ1n) is 9.52. The summed E-state index contributed by atoms with van der Waals surface area (Å²) in [5, 5.41) is 42.6. The summed E-state index contributed by atoms with van der Waals surface area (Å²) in [6, 6.07) is 0. The molecule has 31 heavy (non-hydrogen) atoms. The second kappa shape index (κ2) is 7.03. The maximum Gasteiger partial charge on any atom is 0.337 e. The Kier molecular flexibility index (Phi) is 4.63. The summed E-state index contributed by atoms with van der Waals surface area (Å²) in [4.78, 5) is 24.0. The molecular weight excluding hydrogens is 418 g/mol. The van der Waals surface area contributed by atoms with Gasteiger partial charge in [0.25, 0.3) is 0 Å². The lowest BCUT2D eigenvalue weighted by atomic mass is 9.84. The summed E-state index contributed by atoms with van der Waals surface area (Å²) in [6.07, 6.45) is -8.04. The van der Waals surface area contributed by atoms with Crippen LogP contribution in [0, 0.1) is 0 Å². The number of hydrogen-bond acceptors (Lipinski definition) is 13. The molecule has 0 saturated carbocycles. The molecule has 3 fully saturated rings. The number of ether oxygens (including phenoxy) is 4. The number of nitrogens with zero attached hydrogens (tertiary/aromatic N) is 4. The van der Waals surface area contributed by atoms with Crippen LogP contribution in [0.4, 0.5) is 5.82 Å². The largest absolute Gasteiger partial charge is 0.467 e. The molecule has 6 N–H and O–H groups in total. The quantitative estimate of drug-likeness (QED) is 0.293. The first-order chi connectivity index (χ1) is 14.8. The van der Waals surface area contributed by atoms with Gasteiger partial charge in [-0.2, -0.15) is 0 Å². The summed E-state index contributed by atoms with van der Waals surface area (Å²) >= 11 is 0. The lowest BCUT2D eigenvalue weighted by Gasteiger charge is -2.51. The number of nitrogen functional groups attached to an aromatic ring is 1. The van der Waals surface area contributed by atoms with Gasteiger partial charge in [-0.3, -0.25) is 4.57 Å². The molecular formula is C17H21N5O9. The van der Waals surface area contributed by atoms with Crippen LogP contribution in [0.5, 0.6) is 0 Å². The van der Waals surface area contributed by atoms with Gasteiger partial charge in [0.2, 0.25) is 5.79 Å². The molecule has 3 saturated heterocycles. The minimum Gasteiger partial charge on any atom is -0.467 e. The van der Waals surface area contributed by atoms with Crippen molar-refractivity contribution in [3.63, 3.8) is 0 Å². The Bertz CT molecular complexity index is 1020. The highest BCUT2D eigenvalue weighted by Crippen LogP contribution is 2.46. The molecule has 2 aromatic rings. The van der Waals surface area contributed by atoms with E-state index >= 15 is 0 Å². The van der Waals surface area contributed by atoms with Crippen molar-refractivity contribution in [1.82, 2.24) is 19.5 Å². The molecule has 3 aliphatic rings. The maximum atomic E-state index is 11.9. The van der Waals surface area contributed by atoms with Crippen molar-refractivity contribution in [3.05, 3.63) is 12.7 Å². The molecule has 0 bridgehead atoms. The van der Waals surface area contributed by atoms with Gasteiger partial charge in [0, 0.05) is 6.42 Å². The normalized spacial score (nSPS) is 42.2. The predicted octanol–water partition coefficient (Wildman–Crippen LogP) is -3.19. The van der Waals surface area contributed by atoms with Gasteiger partial charge in [-0.25, -0.2) is 19.7 Å². The average molecular weight is 439 g/mol. The van der Waals surface area contributed by atoms with E-state index in [0.29, 0.717) is 11.2 Å². The molecule has 0 spiro atoms. The molecule has 0 unspecified atom stereocenters. The maximum absolute atomic E-state index is 11.9. The first-order valence-corrected chi connectivity index (χ1v) is 9.52. The zero-order valence-electron chi connectivity index (χ0n) is 16.2. The van der Waals surface area contributed by atoms with Gasteiger partial charge in [0.1, 0.15) is 42.4 Å². The van der Waals surface area contributed by atoms with E-state index in [4.69, 9.17) is 19.9 Å². The minimum absolute atomic E-state index is 0.0459. The van der Waals surface area contributed by atoms with Gasteiger partial charge in [0.15, 0.2) is 23.8 Å². The Hall–Kier alpha value is -2.46. The fourth-order valence-electron chi connectivity index (χ4n) is 4.41. The van der Waals surface area contributed by atoms with Crippen molar-refractivity contribution in [2.24, 2.45) is 0 Å². The zero-order valence-corrected chi connectivity index (χ0v) is 16.2. The predicted molar refractivity (Wildman–Crippen MR) is 96.8 cm³/mol. The Labute approximate surface area is 174 Å². The number of esters is 1. The molecule has 5 rings (SSSR count). The Morgan fingerprint density at radius 2 is 2.03 bits per heavy atom. The summed E-state index contributed by atoms with van der Waals surface area (Å²) in [5.74, 6) is -3.14. The number of hydrogen-bond donors (Lipinski definition) is 5. The fraction of sp³-hybridized carbons (Fsp3) is 0.647. The highest BCUT2D eigenvalue weighted by atomic mass is 16.7. The van der Waals surface area contributed by atoms with Crippen LogP contribution in [0.15, 0.2) is 12.7 Å². The third kappa shape index (κ3) is 2.84. The monoisotopic (exact) mass is 439 g/mol. The molecule has 9 atom stereocenters. The van der Waals surface area contributed by atoms with Crippen molar-refractivity contribution in [2.45, 2.75) is 61.2 Å². The Morgan fingerprint density at radius 3 is 2.77 bits per heavy atom. The number of nitrogens with two attached hydrogens (primary N) is 1. The topological polar surface area (TPSA) is 205 Å². The number of fused-ring (bicyclic) bond motifs is 3. The summed E-state index contributed by atoms with van der Waals surface area (Å²) in [6.45, 7) is 0. The van der Waals surface area contributed by atoms with Crippen LogP contribution >= 0.6 is 0 Å². The SMILES string of the molecule is COC(=O)[C@H]1O[C@@H]2C[C@H]3O[C@@H](n4cnc5c(N)ncnc54)[C@H](O)[C@H]3O[C@@]2(O)[C@@H](O)[C@@H]1O. The van der Waals surface area contributed by atoms with Gasteiger partial charge < -0.3 is 45.1 Å². The summed E-state index contributed by atoms with van der Waals surface area (Å²) < 4.78 is 23.1. The second-order valence-electron chi connectivity index (χ2n) is 7.71. The lowest BCUT2D eigenvalue weighted by molar-refractivity contribution is -0.397. The third-order valence-corrected chi connectivity index (χ3v) is 6.01. The first kappa shape index (κ1) is 20.4. The van der Waals surface area contributed by atoms with E-state index in [2.05, 4.69) is 19.7 Å². The van der Waals surface area contributed by atoms with Gasteiger partial charge in [-0.1, -0.05) is 0 Å². The lowest BCUT2D eigenvalue weighted by Crippen LogP contribution is -2.72. The molecule has 0 aromatic carbocycles. The molecule has 168 valence electrons. The molecule has 2 aromatic heterocycles. The van der Waals surface area contributed by atoms with E-state index in [-0.39, 0.29) is 12.2 Å². The number of anilines is 1. The minimum atomic E-state index is -2.38. The fourth-order valence-corrected chi connectivity index (χ4v) is 4.41. The highest BCUT2D eigenvalue weighted by molar-refractivity contribution is 5.81. The number of aliphatic hydroxyl groups excluding tert-OH is 3. The number of rotatable bonds is 2. The van der Waals surface area contributed by atoms with Crippen LogP contribution in [-0.4, -0.2) is 102 Å². The van der Waals surface area contributed by atoms with Crippen molar-refractivity contribution in [2.75, 3.05) is 12.8 Å². The van der Waals surface area contributed by atoms with Crippen molar-refractivity contribution in [3.8, 4) is 0 Å². The number of carbonyl (C=O) groups excluding carboxylic acids is 1. The van der Waals surface area contributed by atoms with Crippen LogP contribution in [0.1, 0.15) is 12.6 Å². The molecule has 5 heterocycles. The molecule has 14 heteroatoms. The smallest absolute Gasteiger partial charge is 0.337 e. The zero-order chi connectivity index (χ0) is 22.1. The molecule has 0 radical (unpaired) electrons. The molecule has 0 aliphatic carbocycles.